The maximum atomic E-state index is 12.9. The van der Waals surface area contributed by atoms with E-state index in [1.54, 1.807) is 12.3 Å². The van der Waals surface area contributed by atoms with Crippen molar-refractivity contribution in [2.75, 3.05) is 18.9 Å². The van der Waals surface area contributed by atoms with Crippen molar-refractivity contribution in [1.82, 2.24) is 9.38 Å². The van der Waals surface area contributed by atoms with Crippen LogP contribution in [-0.2, 0) is 10.0 Å². The molecule has 1 aromatic carbocycles. The molecule has 0 aliphatic heterocycles. The highest BCUT2D eigenvalue weighted by Crippen LogP contribution is 2.27. The molecule has 8 nitrogen and oxygen atoms in total. The SMILES string of the molecule is COc1cc(NS(=O)(=O)c2c(C)nc3sc(C)cn3c2=O)cc(OC)c1. The second kappa shape index (κ2) is 6.61. The van der Waals surface area contributed by atoms with Gasteiger partial charge in [-0.05, 0) is 13.8 Å². The number of hydrogen-bond donors (Lipinski definition) is 1. The van der Waals surface area contributed by atoms with Crippen molar-refractivity contribution in [3.05, 3.63) is 45.3 Å². The van der Waals surface area contributed by atoms with Crippen LogP contribution in [0.25, 0.3) is 4.96 Å². The van der Waals surface area contributed by atoms with Crippen molar-refractivity contribution in [3.63, 3.8) is 0 Å². The second-order valence-electron chi connectivity index (χ2n) is 5.53. The summed E-state index contributed by atoms with van der Waals surface area (Å²) in [5, 5.41) is 0. The number of hydrogen-bond acceptors (Lipinski definition) is 7. The number of thiazole rings is 1. The number of methoxy groups -OCH3 is 2. The number of fused-ring (bicyclic) bond motifs is 1. The van der Waals surface area contributed by atoms with Gasteiger partial charge in [0, 0.05) is 29.3 Å². The van der Waals surface area contributed by atoms with E-state index in [2.05, 4.69) is 9.71 Å². The predicted molar refractivity (Wildman–Crippen MR) is 99.2 cm³/mol. The van der Waals surface area contributed by atoms with E-state index < -0.39 is 20.5 Å². The molecule has 1 N–H and O–H groups in total. The minimum Gasteiger partial charge on any atom is -0.497 e. The van der Waals surface area contributed by atoms with Crippen LogP contribution in [0.1, 0.15) is 10.6 Å². The van der Waals surface area contributed by atoms with Gasteiger partial charge < -0.3 is 9.47 Å². The number of benzene rings is 1. The van der Waals surface area contributed by atoms with Crippen molar-refractivity contribution in [3.8, 4) is 11.5 Å². The number of rotatable bonds is 5. The van der Waals surface area contributed by atoms with Crippen molar-refractivity contribution in [2.24, 2.45) is 0 Å². The molecule has 0 fully saturated rings. The zero-order chi connectivity index (χ0) is 19.1. The van der Waals surface area contributed by atoms with Crippen molar-refractivity contribution < 1.29 is 17.9 Å². The quantitative estimate of drug-likeness (QED) is 0.711. The zero-order valence-corrected chi connectivity index (χ0v) is 16.2. The molecule has 0 amide bonds. The summed E-state index contributed by atoms with van der Waals surface area (Å²) in [5.41, 5.74) is -0.287. The van der Waals surface area contributed by atoms with Gasteiger partial charge in [-0.15, -0.1) is 11.3 Å². The van der Waals surface area contributed by atoms with Crippen molar-refractivity contribution in [2.45, 2.75) is 18.7 Å². The zero-order valence-electron chi connectivity index (χ0n) is 14.6. The molecule has 26 heavy (non-hydrogen) atoms. The first-order valence-electron chi connectivity index (χ1n) is 7.50. The normalized spacial score (nSPS) is 11.5. The van der Waals surface area contributed by atoms with Crippen LogP contribution in [0.3, 0.4) is 0 Å². The Morgan fingerprint density at radius 1 is 1.12 bits per heavy atom. The van der Waals surface area contributed by atoms with Gasteiger partial charge in [0.2, 0.25) is 0 Å². The van der Waals surface area contributed by atoms with Crippen LogP contribution in [0.2, 0.25) is 0 Å². The Morgan fingerprint density at radius 3 is 2.31 bits per heavy atom. The van der Waals surface area contributed by atoms with E-state index in [9.17, 15) is 13.2 Å². The van der Waals surface area contributed by atoms with E-state index in [0.29, 0.717) is 16.5 Å². The lowest BCUT2D eigenvalue weighted by molar-refractivity contribution is 0.395. The summed E-state index contributed by atoms with van der Waals surface area (Å²) in [6.45, 7) is 3.32. The molecule has 2 heterocycles. The summed E-state index contributed by atoms with van der Waals surface area (Å²) in [6.07, 6.45) is 1.57. The smallest absolute Gasteiger partial charge is 0.279 e. The topological polar surface area (TPSA) is 99.0 Å². The first-order valence-corrected chi connectivity index (χ1v) is 9.80. The molecule has 0 aliphatic rings. The summed E-state index contributed by atoms with van der Waals surface area (Å²) in [5.74, 6) is 0.829. The van der Waals surface area contributed by atoms with E-state index in [1.807, 2.05) is 6.92 Å². The lowest BCUT2D eigenvalue weighted by Crippen LogP contribution is -2.27. The fourth-order valence-corrected chi connectivity index (χ4v) is 4.67. The monoisotopic (exact) mass is 395 g/mol. The molecule has 0 spiro atoms. The number of nitrogens with one attached hydrogen (secondary N) is 1. The maximum Gasteiger partial charge on any atom is 0.279 e. The maximum absolute atomic E-state index is 12.9. The Kier molecular flexibility index (Phi) is 4.63. The highest BCUT2D eigenvalue weighted by molar-refractivity contribution is 7.92. The number of anilines is 1. The van der Waals surface area contributed by atoms with E-state index in [-0.39, 0.29) is 11.4 Å². The fourth-order valence-electron chi connectivity index (χ4n) is 2.52. The summed E-state index contributed by atoms with van der Waals surface area (Å²) < 4.78 is 39.6. The molecule has 2 aromatic heterocycles. The molecule has 0 atom stereocenters. The van der Waals surface area contributed by atoms with E-state index in [4.69, 9.17) is 9.47 Å². The molecule has 138 valence electrons. The van der Waals surface area contributed by atoms with Gasteiger partial charge >= 0.3 is 0 Å². The molecule has 0 saturated carbocycles. The molecule has 0 aliphatic carbocycles. The van der Waals surface area contributed by atoms with Crippen LogP contribution in [0, 0.1) is 13.8 Å². The van der Waals surface area contributed by atoms with Crippen LogP contribution in [-0.4, -0.2) is 32.0 Å². The van der Waals surface area contributed by atoms with E-state index in [1.165, 1.54) is 49.0 Å². The first-order chi connectivity index (χ1) is 12.2. The van der Waals surface area contributed by atoms with Gasteiger partial charge in [0.25, 0.3) is 15.6 Å². The third-order valence-corrected chi connectivity index (χ3v) is 6.06. The van der Waals surface area contributed by atoms with Gasteiger partial charge in [-0.1, -0.05) is 0 Å². The fraction of sp³-hybridized carbons (Fsp3) is 0.250. The number of aromatic nitrogens is 2. The number of sulfonamides is 1. The third-order valence-electron chi connectivity index (χ3n) is 3.65. The number of ether oxygens (including phenoxy) is 2. The minimum atomic E-state index is -4.16. The molecular formula is C16H17N3O5S2. The molecule has 3 rings (SSSR count). The average Bonchev–Trinajstić information content (AvgIpc) is 2.94. The molecule has 10 heteroatoms. The van der Waals surface area contributed by atoms with Gasteiger partial charge in [-0.3, -0.25) is 13.9 Å². The van der Waals surface area contributed by atoms with Gasteiger partial charge in [0.05, 0.1) is 25.6 Å². The van der Waals surface area contributed by atoms with E-state index in [0.717, 1.165) is 4.88 Å². The molecular weight excluding hydrogens is 378 g/mol. The second-order valence-corrected chi connectivity index (χ2v) is 8.37. The van der Waals surface area contributed by atoms with Crippen LogP contribution in [0.4, 0.5) is 5.69 Å². The van der Waals surface area contributed by atoms with Crippen molar-refractivity contribution in [1.29, 1.82) is 0 Å². The minimum absolute atomic E-state index is 0.138. The standard InChI is InChI=1S/C16H17N3O5S2/c1-9-8-19-15(20)14(10(2)17-16(19)25-9)26(21,22)18-11-5-12(23-3)7-13(6-11)24-4/h5-8,18H,1-4H3. The van der Waals surface area contributed by atoms with Gasteiger partial charge in [-0.2, -0.15) is 0 Å². The van der Waals surface area contributed by atoms with Crippen LogP contribution in [0.5, 0.6) is 11.5 Å². The molecule has 0 radical (unpaired) electrons. The molecule has 0 unspecified atom stereocenters. The number of nitrogens with zero attached hydrogens (tertiary/aromatic N) is 2. The van der Waals surface area contributed by atoms with Crippen LogP contribution >= 0.6 is 11.3 Å². The van der Waals surface area contributed by atoms with Gasteiger partial charge in [0.15, 0.2) is 9.86 Å². The van der Waals surface area contributed by atoms with Crippen LogP contribution < -0.4 is 19.8 Å². The highest BCUT2D eigenvalue weighted by atomic mass is 32.2. The summed E-state index contributed by atoms with van der Waals surface area (Å²) >= 11 is 1.32. The van der Waals surface area contributed by atoms with Crippen molar-refractivity contribution >= 4 is 32.0 Å². The Bertz CT molecular complexity index is 1130. The average molecular weight is 395 g/mol. The summed E-state index contributed by atoms with van der Waals surface area (Å²) in [6, 6.07) is 4.60. The van der Waals surface area contributed by atoms with Gasteiger partial charge in [-0.25, -0.2) is 13.4 Å². The summed E-state index contributed by atoms with van der Waals surface area (Å²) in [4.78, 5) is 17.9. The Balaban J connectivity index is 2.12. The summed E-state index contributed by atoms with van der Waals surface area (Å²) in [7, 11) is -1.24. The lowest BCUT2D eigenvalue weighted by atomic mass is 10.3. The molecule has 0 saturated heterocycles. The molecule has 0 bridgehead atoms. The van der Waals surface area contributed by atoms with Crippen LogP contribution in [0.15, 0.2) is 34.1 Å². The Labute approximate surface area is 154 Å². The number of aryl methyl sites for hydroxylation is 2. The highest BCUT2D eigenvalue weighted by Gasteiger charge is 2.25. The Hall–Kier alpha value is -2.59. The lowest BCUT2D eigenvalue weighted by Gasteiger charge is -2.12. The molecule has 3 aromatic rings. The third kappa shape index (κ3) is 3.25. The Morgan fingerprint density at radius 2 is 1.73 bits per heavy atom. The van der Waals surface area contributed by atoms with E-state index >= 15 is 0 Å². The largest absolute Gasteiger partial charge is 0.497 e. The van der Waals surface area contributed by atoms with Gasteiger partial charge in [0.1, 0.15) is 11.5 Å². The predicted octanol–water partition coefficient (Wildman–Crippen LogP) is 2.19. The first kappa shape index (κ1) is 18.2.